The summed E-state index contributed by atoms with van der Waals surface area (Å²) < 4.78 is 5.45. The number of hydrogen-bond acceptors (Lipinski definition) is 4. The van der Waals surface area contributed by atoms with Gasteiger partial charge >= 0.3 is 0 Å². The molecule has 0 radical (unpaired) electrons. The molecule has 1 atom stereocenters. The van der Waals surface area contributed by atoms with E-state index in [1.807, 2.05) is 54.7 Å². The van der Waals surface area contributed by atoms with Crippen molar-refractivity contribution in [2.24, 2.45) is 0 Å². The van der Waals surface area contributed by atoms with Crippen molar-refractivity contribution in [1.82, 2.24) is 15.3 Å². The molecule has 0 aliphatic rings. The normalized spacial score (nSPS) is 12.1. The highest BCUT2D eigenvalue weighted by atomic mass is 35.5. The monoisotopic (exact) mass is 549 g/mol. The van der Waals surface area contributed by atoms with Gasteiger partial charge in [0, 0.05) is 40.3 Å². The van der Waals surface area contributed by atoms with Crippen molar-refractivity contribution in [1.29, 1.82) is 0 Å². The number of pyridine rings is 2. The average molecular weight is 550 g/mol. The van der Waals surface area contributed by atoms with Crippen LogP contribution in [0.5, 0.6) is 0 Å². The van der Waals surface area contributed by atoms with Gasteiger partial charge in [-0.05, 0) is 88.5 Å². The Labute approximate surface area is 237 Å². The summed E-state index contributed by atoms with van der Waals surface area (Å²) in [6.07, 6.45) is 5.40. The van der Waals surface area contributed by atoms with Gasteiger partial charge in [0.1, 0.15) is 5.76 Å². The Morgan fingerprint density at radius 1 is 0.744 bits per heavy atom. The van der Waals surface area contributed by atoms with Gasteiger partial charge in [-0.3, -0.25) is 9.97 Å². The highest BCUT2D eigenvalue weighted by molar-refractivity contribution is 6.31. The van der Waals surface area contributed by atoms with Crippen molar-refractivity contribution in [2.75, 3.05) is 0 Å². The van der Waals surface area contributed by atoms with E-state index < -0.39 is 0 Å². The standard InChI is InChI=1S/C33H25Cl2N3O/c34-26-11-8-22(9-12-26)33(25-5-2-14-36-19-25)24-10-13-32-31(17-24)30(23-4-1-6-27(35)16-23)18-28(38-32)20-37-21-29-7-3-15-39-29/h1-19,33,37H,20-21H2. The van der Waals surface area contributed by atoms with E-state index in [9.17, 15) is 0 Å². The molecule has 0 saturated heterocycles. The van der Waals surface area contributed by atoms with Crippen LogP contribution in [0, 0.1) is 0 Å². The van der Waals surface area contributed by atoms with E-state index in [0.29, 0.717) is 23.1 Å². The molecule has 1 N–H and O–H groups in total. The second kappa shape index (κ2) is 11.4. The first kappa shape index (κ1) is 25.3. The number of furan rings is 1. The van der Waals surface area contributed by atoms with E-state index in [2.05, 4.69) is 58.8 Å². The number of halogens is 2. The Hall–Kier alpha value is -3.96. The van der Waals surface area contributed by atoms with E-state index in [0.717, 1.165) is 50.2 Å². The van der Waals surface area contributed by atoms with Gasteiger partial charge in [0.05, 0.1) is 24.0 Å². The predicted molar refractivity (Wildman–Crippen MR) is 158 cm³/mol. The third-order valence-electron chi connectivity index (χ3n) is 6.76. The van der Waals surface area contributed by atoms with Crippen LogP contribution in [0.25, 0.3) is 22.0 Å². The highest BCUT2D eigenvalue weighted by Gasteiger charge is 2.19. The van der Waals surface area contributed by atoms with Gasteiger partial charge in [-0.15, -0.1) is 0 Å². The van der Waals surface area contributed by atoms with Gasteiger partial charge in [0.25, 0.3) is 0 Å². The molecule has 0 aliphatic heterocycles. The molecule has 3 heterocycles. The number of fused-ring (bicyclic) bond motifs is 1. The van der Waals surface area contributed by atoms with Crippen molar-refractivity contribution >= 4 is 34.1 Å². The molecule has 0 spiro atoms. The SMILES string of the molecule is Clc1ccc(C(c2cccnc2)c2ccc3nc(CNCc4ccco4)cc(-c4cccc(Cl)c4)c3c2)cc1. The van der Waals surface area contributed by atoms with Crippen LogP contribution >= 0.6 is 23.2 Å². The molecule has 4 nitrogen and oxygen atoms in total. The molecule has 192 valence electrons. The van der Waals surface area contributed by atoms with Gasteiger partial charge in [0.2, 0.25) is 0 Å². The topological polar surface area (TPSA) is 51.0 Å². The van der Waals surface area contributed by atoms with Gasteiger partial charge < -0.3 is 9.73 Å². The summed E-state index contributed by atoms with van der Waals surface area (Å²) >= 11 is 12.7. The summed E-state index contributed by atoms with van der Waals surface area (Å²) in [6, 6.07) is 32.6. The minimum Gasteiger partial charge on any atom is -0.468 e. The molecular weight excluding hydrogens is 525 g/mol. The number of benzene rings is 3. The number of nitrogens with zero attached hydrogens (tertiary/aromatic N) is 2. The fraction of sp³-hybridized carbons (Fsp3) is 0.0909. The Bertz CT molecular complexity index is 1700. The number of aromatic nitrogens is 2. The first-order valence-electron chi connectivity index (χ1n) is 12.7. The van der Waals surface area contributed by atoms with Crippen LogP contribution in [0.15, 0.2) is 120 Å². The maximum atomic E-state index is 6.42. The van der Waals surface area contributed by atoms with Crippen LogP contribution in [0.3, 0.4) is 0 Å². The van der Waals surface area contributed by atoms with Crippen LogP contribution in [0.2, 0.25) is 10.0 Å². The maximum Gasteiger partial charge on any atom is 0.117 e. The largest absolute Gasteiger partial charge is 0.468 e. The van der Waals surface area contributed by atoms with Gasteiger partial charge in [0.15, 0.2) is 0 Å². The molecule has 0 aliphatic carbocycles. The van der Waals surface area contributed by atoms with E-state index in [1.54, 1.807) is 12.5 Å². The summed E-state index contributed by atoms with van der Waals surface area (Å²) in [5.41, 5.74) is 7.39. The summed E-state index contributed by atoms with van der Waals surface area (Å²) in [7, 11) is 0. The Balaban J connectivity index is 1.46. The number of hydrogen-bond donors (Lipinski definition) is 1. The Morgan fingerprint density at radius 3 is 2.38 bits per heavy atom. The molecule has 0 fully saturated rings. The smallest absolute Gasteiger partial charge is 0.117 e. The minimum absolute atomic E-state index is 0.0118. The molecule has 3 aromatic carbocycles. The third-order valence-corrected chi connectivity index (χ3v) is 7.25. The lowest BCUT2D eigenvalue weighted by Gasteiger charge is -2.20. The quantitative estimate of drug-likeness (QED) is 0.206. The van der Waals surface area contributed by atoms with E-state index in [-0.39, 0.29) is 5.92 Å². The van der Waals surface area contributed by atoms with Gasteiger partial charge in [-0.1, -0.05) is 59.6 Å². The number of nitrogens with one attached hydrogen (secondary N) is 1. The van der Waals surface area contributed by atoms with Crippen LogP contribution < -0.4 is 5.32 Å². The summed E-state index contributed by atoms with van der Waals surface area (Å²) in [5.74, 6) is 0.876. The Morgan fingerprint density at radius 2 is 1.62 bits per heavy atom. The molecule has 39 heavy (non-hydrogen) atoms. The first-order valence-corrected chi connectivity index (χ1v) is 13.5. The molecular formula is C33H25Cl2N3O. The van der Waals surface area contributed by atoms with Crippen molar-refractivity contribution < 1.29 is 4.42 Å². The Kier molecular flexibility index (Phi) is 7.42. The predicted octanol–water partition coefficient (Wildman–Crippen LogP) is 8.67. The second-order valence-electron chi connectivity index (χ2n) is 9.40. The molecule has 6 aromatic rings. The van der Waals surface area contributed by atoms with Crippen molar-refractivity contribution in [2.45, 2.75) is 19.0 Å². The lowest BCUT2D eigenvalue weighted by molar-refractivity contribution is 0.482. The minimum atomic E-state index is -0.0118. The third kappa shape index (κ3) is 5.74. The molecule has 1 unspecified atom stereocenters. The van der Waals surface area contributed by atoms with Crippen molar-refractivity contribution in [3.05, 3.63) is 154 Å². The van der Waals surface area contributed by atoms with Crippen LogP contribution in [-0.2, 0) is 13.1 Å². The fourth-order valence-corrected chi connectivity index (χ4v) is 5.29. The summed E-state index contributed by atoms with van der Waals surface area (Å²) in [5, 5.41) is 5.90. The van der Waals surface area contributed by atoms with Crippen molar-refractivity contribution in [3.63, 3.8) is 0 Å². The number of rotatable bonds is 8. The molecule has 0 saturated carbocycles. The van der Waals surface area contributed by atoms with E-state index in [1.165, 1.54) is 0 Å². The fourth-order valence-electron chi connectivity index (χ4n) is 4.97. The average Bonchev–Trinajstić information content (AvgIpc) is 3.48. The summed E-state index contributed by atoms with van der Waals surface area (Å²) in [4.78, 5) is 9.41. The highest BCUT2D eigenvalue weighted by Crippen LogP contribution is 2.37. The van der Waals surface area contributed by atoms with Gasteiger partial charge in [-0.2, -0.15) is 0 Å². The lowest BCUT2D eigenvalue weighted by Crippen LogP contribution is -2.13. The molecule has 6 heteroatoms. The molecule has 0 amide bonds. The molecule has 6 rings (SSSR count). The van der Waals surface area contributed by atoms with Crippen LogP contribution in [-0.4, -0.2) is 9.97 Å². The van der Waals surface area contributed by atoms with Crippen molar-refractivity contribution in [3.8, 4) is 11.1 Å². The summed E-state index contributed by atoms with van der Waals surface area (Å²) in [6.45, 7) is 1.24. The zero-order chi connectivity index (χ0) is 26.6. The van der Waals surface area contributed by atoms with Crippen LogP contribution in [0.1, 0.15) is 34.1 Å². The zero-order valence-corrected chi connectivity index (χ0v) is 22.5. The van der Waals surface area contributed by atoms with E-state index >= 15 is 0 Å². The van der Waals surface area contributed by atoms with E-state index in [4.69, 9.17) is 32.6 Å². The van der Waals surface area contributed by atoms with Gasteiger partial charge in [-0.25, -0.2) is 0 Å². The first-order chi connectivity index (χ1) is 19.1. The zero-order valence-electron chi connectivity index (χ0n) is 21.0. The molecule has 3 aromatic heterocycles. The van der Waals surface area contributed by atoms with Crippen LogP contribution in [0.4, 0.5) is 0 Å². The lowest BCUT2D eigenvalue weighted by atomic mass is 9.85. The second-order valence-corrected chi connectivity index (χ2v) is 10.3. The molecule has 0 bridgehead atoms. The maximum absolute atomic E-state index is 6.42.